The van der Waals surface area contributed by atoms with E-state index in [9.17, 15) is 9.59 Å². The zero-order valence-corrected chi connectivity index (χ0v) is 13.5. The number of rotatable bonds is 3. The van der Waals surface area contributed by atoms with Crippen molar-refractivity contribution >= 4 is 17.5 Å². The van der Waals surface area contributed by atoms with Gasteiger partial charge in [-0.05, 0) is 25.0 Å². The molecule has 0 saturated carbocycles. The maximum Gasteiger partial charge on any atom is 0.319 e. The van der Waals surface area contributed by atoms with Crippen LogP contribution in [0.2, 0.25) is 0 Å². The second-order valence-corrected chi connectivity index (χ2v) is 5.79. The fourth-order valence-electron chi connectivity index (χ4n) is 2.78. The average molecular weight is 328 g/mol. The third-order valence-electron chi connectivity index (χ3n) is 3.99. The molecule has 3 rings (SSSR count). The molecule has 1 fully saturated rings. The van der Waals surface area contributed by atoms with E-state index in [4.69, 9.17) is 0 Å². The Labute approximate surface area is 139 Å². The summed E-state index contributed by atoms with van der Waals surface area (Å²) in [4.78, 5) is 34.3. The van der Waals surface area contributed by atoms with Gasteiger partial charge in [0.1, 0.15) is 0 Å². The number of nitrogens with one attached hydrogen (secondary N) is 2. The molecule has 2 aromatic heterocycles. The van der Waals surface area contributed by atoms with Gasteiger partial charge in [0.2, 0.25) is 0 Å². The maximum atomic E-state index is 12.2. The number of carbonyl (C=O) groups excluding carboxylic acids is 1. The highest BCUT2D eigenvalue weighted by molar-refractivity contribution is 5.89. The Bertz CT molecular complexity index is 761. The van der Waals surface area contributed by atoms with Crippen LogP contribution in [0.15, 0.2) is 41.7 Å². The number of carbonyl (C=O) groups is 1. The zero-order valence-electron chi connectivity index (χ0n) is 13.5. The molecule has 1 saturated heterocycles. The van der Waals surface area contributed by atoms with Crippen molar-refractivity contribution in [3.05, 3.63) is 47.3 Å². The van der Waals surface area contributed by atoms with Crippen LogP contribution in [0.25, 0.3) is 0 Å². The van der Waals surface area contributed by atoms with Crippen LogP contribution in [0.1, 0.15) is 12.8 Å². The molecule has 0 unspecified atom stereocenters. The van der Waals surface area contributed by atoms with E-state index in [0.29, 0.717) is 18.1 Å². The highest BCUT2D eigenvalue weighted by atomic mass is 16.2. The van der Waals surface area contributed by atoms with Crippen molar-refractivity contribution in [1.82, 2.24) is 19.9 Å². The quantitative estimate of drug-likeness (QED) is 0.876. The number of anilines is 2. The fourth-order valence-corrected chi connectivity index (χ4v) is 2.78. The van der Waals surface area contributed by atoms with Crippen molar-refractivity contribution in [3.8, 4) is 0 Å². The number of piperidine rings is 1. The molecule has 1 atom stereocenters. The second kappa shape index (κ2) is 7.12. The van der Waals surface area contributed by atoms with E-state index in [1.165, 1.54) is 4.57 Å². The van der Waals surface area contributed by atoms with E-state index in [1.807, 2.05) is 4.90 Å². The Balaban J connectivity index is 1.62. The largest absolute Gasteiger partial charge is 0.350 e. The van der Waals surface area contributed by atoms with Crippen LogP contribution in [0, 0.1) is 0 Å². The lowest BCUT2D eigenvalue weighted by Crippen LogP contribution is -2.50. The fraction of sp³-hybridized carbons (Fsp3) is 0.375. The Morgan fingerprint density at radius 3 is 2.88 bits per heavy atom. The van der Waals surface area contributed by atoms with E-state index < -0.39 is 0 Å². The van der Waals surface area contributed by atoms with Crippen LogP contribution in [-0.2, 0) is 7.05 Å². The van der Waals surface area contributed by atoms with Crippen LogP contribution in [0.4, 0.5) is 16.3 Å². The Morgan fingerprint density at radius 1 is 1.29 bits per heavy atom. The number of aromatic nitrogens is 3. The Morgan fingerprint density at radius 2 is 2.08 bits per heavy atom. The van der Waals surface area contributed by atoms with E-state index >= 15 is 0 Å². The summed E-state index contributed by atoms with van der Waals surface area (Å²) in [7, 11) is 1.70. The molecule has 24 heavy (non-hydrogen) atoms. The molecule has 0 spiro atoms. The van der Waals surface area contributed by atoms with Gasteiger partial charge >= 0.3 is 6.03 Å². The van der Waals surface area contributed by atoms with E-state index in [1.54, 1.807) is 44.0 Å². The van der Waals surface area contributed by atoms with Gasteiger partial charge in [0.05, 0.1) is 0 Å². The summed E-state index contributed by atoms with van der Waals surface area (Å²) in [6.45, 7) is 1.33. The number of nitrogens with zero attached hydrogens (tertiary/aromatic N) is 4. The molecule has 3 heterocycles. The minimum Gasteiger partial charge on any atom is -0.350 e. The number of hydrogen-bond donors (Lipinski definition) is 2. The summed E-state index contributed by atoms with van der Waals surface area (Å²) in [5.74, 6) is 0.432. The normalized spacial score (nSPS) is 17.4. The molecule has 0 aliphatic carbocycles. The minimum atomic E-state index is -0.262. The summed E-state index contributed by atoms with van der Waals surface area (Å²) in [6, 6.07) is 3.16. The van der Waals surface area contributed by atoms with Crippen molar-refractivity contribution in [1.29, 1.82) is 0 Å². The van der Waals surface area contributed by atoms with Crippen molar-refractivity contribution in [2.75, 3.05) is 23.3 Å². The van der Waals surface area contributed by atoms with Gasteiger partial charge in [-0.3, -0.25) is 9.78 Å². The lowest BCUT2D eigenvalue weighted by molar-refractivity contribution is 0.246. The van der Waals surface area contributed by atoms with Gasteiger partial charge in [0.15, 0.2) is 5.82 Å². The molecule has 1 aliphatic rings. The number of aryl methyl sites for hydroxylation is 1. The van der Waals surface area contributed by atoms with Crippen LogP contribution < -0.4 is 21.1 Å². The summed E-state index contributed by atoms with van der Waals surface area (Å²) in [5, 5.41) is 5.73. The summed E-state index contributed by atoms with van der Waals surface area (Å²) >= 11 is 0. The van der Waals surface area contributed by atoms with E-state index in [0.717, 1.165) is 19.4 Å². The standard InChI is InChI=1S/C16H20N6O2/c1-21-10-8-18-14(15(21)23)22-9-2-3-13(11-22)20-16(24)19-12-4-6-17-7-5-12/h4-8,10,13H,2-3,9,11H2,1H3,(H2,17,19,20,24)/t13-/m0/s1. The molecular formula is C16H20N6O2. The first-order valence-corrected chi connectivity index (χ1v) is 7.87. The predicted molar refractivity (Wildman–Crippen MR) is 91.1 cm³/mol. The van der Waals surface area contributed by atoms with Crippen LogP contribution in [-0.4, -0.2) is 39.7 Å². The maximum absolute atomic E-state index is 12.2. The molecule has 1 aliphatic heterocycles. The number of amides is 2. The van der Waals surface area contributed by atoms with E-state index in [2.05, 4.69) is 20.6 Å². The number of hydrogen-bond acceptors (Lipinski definition) is 5. The zero-order chi connectivity index (χ0) is 16.9. The summed E-state index contributed by atoms with van der Waals surface area (Å²) in [6.07, 6.45) is 8.24. The SMILES string of the molecule is Cn1ccnc(N2CCC[C@H](NC(=O)Nc3ccncc3)C2)c1=O. The molecule has 0 bridgehead atoms. The molecular weight excluding hydrogens is 308 g/mol. The third kappa shape index (κ3) is 3.70. The Hall–Kier alpha value is -2.90. The molecule has 2 amide bonds. The molecule has 2 aromatic rings. The molecule has 126 valence electrons. The predicted octanol–water partition coefficient (Wildman–Crippen LogP) is 0.966. The number of pyridine rings is 1. The van der Waals surface area contributed by atoms with Crippen molar-refractivity contribution < 1.29 is 4.79 Å². The molecule has 0 radical (unpaired) electrons. The third-order valence-corrected chi connectivity index (χ3v) is 3.99. The number of urea groups is 1. The lowest BCUT2D eigenvalue weighted by atomic mass is 10.1. The van der Waals surface area contributed by atoms with Crippen LogP contribution in [0.3, 0.4) is 0 Å². The second-order valence-electron chi connectivity index (χ2n) is 5.79. The van der Waals surface area contributed by atoms with Gasteiger partial charge in [-0.1, -0.05) is 0 Å². The molecule has 2 N–H and O–H groups in total. The van der Waals surface area contributed by atoms with Gasteiger partial charge in [-0.15, -0.1) is 0 Å². The van der Waals surface area contributed by atoms with Crippen molar-refractivity contribution in [2.45, 2.75) is 18.9 Å². The van der Waals surface area contributed by atoms with Crippen molar-refractivity contribution in [3.63, 3.8) is 0 Å². The van der Waals surface area contributed by atoms with Gasteiger partial charge in [0, 0.05) is 56.7 Å². The Kier molecular flexibility index (Phi) is 4.74. The minimum absolute atomic E-state index is 0.0349. The highest BCUT2D eigenvalue weighted by Gasteiger charge is 2.24. The van der Waals surface area contributed by atoms with E-state index in [-0.39, 0.29) is 17.6 Å². The van der Waals surface area contributed by atoms with Crippen LogP contribution in [0.5, 0.6) is 0 Å². The topological polar surface area (TPSA) is 92.2 Å². The lowest BCUT2D eigenvalue weighted by Gasteiger charge is -2.33. The van der Waals surface area contributed by atoms with Crippen LogP contribution >= 0.6 is 0 Å². The van der Waals surface area contributed by atoms with Gasteiger partial charge < -0.3 is 20.1 Å². The molecule has 8 heteroatoms. The van der Waals surface area contributed by atoms with Gasteiger partial charge in [-0.2, -0.15) is 0 Å². The molecule has 0 aromatic carbocycles. The smallest absolute Gasteiger partial charge is 0.319 e. The van der Waals surface area contributed by atoms with Gasteiger partial charge in [0.25, 0.3) is 5.56 Å². The monoisotopic (exact) mass is 328 g/mol. The highest BCUT2D eigenvalue weighted by Crippen LogP contribution is 2.14. The molecule has 8 nitrogen and oxygen atoms in total. The summed E-state index contributed by atoms with van der Waals surface area (Å²) in [5.41, 5.74) is 0.563. The first-order chi connectivity index (χ1) is 11.6. The first-order valence-electron chi connectivity index (χ1n) is 7.87. The van der Waals surface area contributed by atoms with Crippen molar-refractivity contribution in [2.24, 2.45) is 7.05 Å². The first kappa shape index (κ1) is 16.0. The van der Waals surface area contributed by atoms with Gasteiger partial charge in [-0.25, -0.2) is 9.78 Å². The summed E-state index contributed by atoms with van der Waals surface area (Å²) < 4.78 is 1.51. The average Bonchev–Trinajstić information content (AvgIpc) is 2.58.